The zero-order chi connectivity index (χ0) is 12.7. The van der Waals surface area contributed by atoms with Gasteiger partial charge in [-0.25, -0.2) is 0 Å². The van der Waals surface area contributed by atoms with E-state index in [0.29, 0.717) is 12.5 Å². The molecule has 0 spiro atoms. The molecule has 17 heavy (non-hydrogen) atoms. The summed E-state index contributed by atoms with van der Waals surface area (Å²) in [5.41, 5.74) is 5.69. The Balaban J connectivity index is 2.12. The van der Waals surface area contributed by atoms with Crippen LogP contribution in [0.2, 0.25) is 0 Å². The van der Waals surface area contributed by atoms with E-state index in [1.807, 2.05) is 0 Å². The Morgan fingerprint density at radius 2 is 2.12 bits per heavy atom. The van der Waals surface area contributed by atoms with Crippen LogP contribution >= 0.6 is 0 Å². The number of carbonyl (C=O) groups excluding carboxylic acids is 1. The van der Waals surface area contributed by atoms with Gasteiger partial charge in [-0.15, -0.1) is 0 Å². The van der Waals surface area contributed by atoms with Crippen molar-refractivity contribution in [1.82, 2.24) is 5.32 Å². The molecular weight excluding hydrogens is 212 g/mol. The summed E-state index contributed by atoms with van der Waals surface area (Å²) in [5, 5.41) is 3.07. The number of nitrogens with two attached hydrogens (primary N) is 1. The van der Waals surface area contributed by atoms with Crippen molar-refractivity contribution in [3.63, 3.8) is 0 Å². The van der Waals surface area contributed by atoms with Gasteiger partial charge in [-0.1, -0.05) is 33.1 Å². The van der Waals surface area contributed by atoms with Crippen LogP contribution in [0.4, 0.5) is 0 Å². The molecule has 1 fully saturated rings. The van der Waals surface area contributed by atoms with E-state index in [1.165, 1.54) is 12.8 Å². The van der Waals surface area contributed by atoms with E-state index >= 15 is 0 Å². The van der Waals surface area contributed by atoms with Gasteiger partial charge in [0.15, 0.2) is 0 Å². The molecule has 1 aliphatic rings. The molecule has 0 saturated heterocycles. The van der Waals surface area contributed by atoms with E-state index in [-0.39, 0.29) is 11.8 Å². The molecule has 0 bridgehead atoms. The number of nitrogens with one attached hydrogen (secondary N) is 1. The molecule has 0 heterocycles. The molecule has 3 heteroatoms. The van der Waals surface area contributed by atoms with Gasteiger partial charge in [0, 0.05) is 12.5 Å². The minimum Gasteiger partial charge on any atom is -0.356 e. The van der Waals surface area contributed by atoms with E-state index in [4.69, 9.17) is 5.73 Å². The number of unbranched alkanes of at least 4 members (excludes halogenated alkanes) is 1. The van der Waals surface area contributed by atoms with Crippen LogP contribution in [-0.2, 0) is 4.79 Å². The van der Waals surface area contributed by atoms with Gasteiger partial charge in [0.25, 0.3) is 0 Å². The molecule has 0 aromatic heterocycles. The molecule has 0 aromatic rings. The zero-order valence-corrected chi connectivity index (χ0v) is 11.4. The minimum absolute atomic E-state index is 0.185. The van der Waals surface area contributed by atoms with Gasteiger partial charge in [-0.2, -0.15) is 0 Å². The molecule has 2 unspecified atom stereocenters. The third-order valence-electron chi connectivity index (χ3n) is 3.81. The van der Waals surface area contributed by atoms with Crippen LogP contribution in [0.1, 0.15) is 52.4 Å². The second kappa shape index (κ2) is 7.70. The average Bonchev–Trinajstić information content (AvgIpc) is 2.75. The van der Waals surface area contributed by atoms with E-state index in [9.17, 15) is 4.79 Å². The maximum Gasteiger partial charge on any atom is 0.223 e. The van der Waals surface area contributed by atoms with Crippen molar-refractivity contribution in [1.29, 1.82) is 0 Å². The zero-order valence-electron chi connectivity index (χ0n) is 11.4. The topological polar surface area (TPSA) is 55.1 Å². The molecule has 1 rings (SSSR count). The monoisotopic (exact) mass is 240 g/mol. The predicted molar refractivity (Wildman–Crippen MR) is 71.6 cm³/mol. The predicted octanol–water partition coefficient (Wildman–Crippen LogP) is 2.30. The molecule has 0 aromatic carbocycles. The summed E-state index contributed by atoms with van der Waals surface area (Å²) in [7, 11) is 0. The highest BCUT2D eigenvalue weighted by Gasteiger charge is 2.31. The SMILES string of the molecule is CC(C)CCCCNC(=O)C1CCCC1CN. The molecule has 3 N–H and O–H groups in total. The van der Waals surface area contributed by atoms with Crippen LogP contribution in [0.5, 0.6) is 0 Å². The van der Waals surface area contributed by atoms with E-state index < -0.39 is 0 Å². The second-order valence-electron chi connectivity index (χ2n) is 5.71. The van der Waals surface area contributed by atoms with Gasteiger partial charge in [-0.05, 0) is 37.6 Å². The van der Waals surface area contributed by atoms with Crippen molar-refractivity contribution in [2.75, 3.05) is 13.1 Å². The van der Waals surface area contributed by atoms with Gasteiger partial charge >= 0.3 is 0 Å². The number of amides is 1. The lowest BCUT2D eigenvalue weighted by molar-refractivity contribution is -0.125. The summed E-state index contributed by atoms with van der Waals surface area (Å²) in [6.07, 6.45) is 6.88. The highest BCUT2D eigenvalue weighted by Crippen LogP contribution is 2.30. The van der Waals surface area contributed by atoms with Crippen molar-refractivity contribution in [2.45, 2.75) is 52.4 Å². The fraction of sp³-hybridized carbons (Fsp3) is 0.929. The first-order chi connectivity index (χ1) is 8.15. The first-order valence-electron chi connectivity index (χ1n) is 7.13. The van der Waals surface area contributed by atoms with Gasteiger partial charge in [0.2, 0.25) is 5.91 Å². The van der Waals surface area contributed by atoms with Crippen LogP contribution in [-0.4, -0.2) is 19.0 Å². The summed E-state index contributed by atoms with van der Waals surface area (Å²) < 4.78 is 0. The molecule has 0 aliphatic heterocycles. The Kier molecular flexibility index (Phi) is 6.56. The summed E-state index contributed by atoms with van der Waals surface area (Å²) in [4.78, 5) is 11.9. The van der Waals surface area contributed by atoms with Crippen molar-refractivity contribution < 1.29 is 4.79 Å². The lowest BCUT2D eigenvalue weighted by atomic mass is 9.95. The van der Waals surface area contributed by atoms with E-state index in [2.05, 4.69) is 19.2 Å². The minimum atomic E-state index is 0.185. The summed E-state index contributed by atoms with van der Waals surface area (Å²) in [6, 6.07) is 0. The summed E-state index contributed by atoms with van der Waals surface area (Å²) >= 11 is 0. The van der Waals surface area contributed by atoms with E-state index in [0.717, 1.165) is 38.1 Å². The molecule has 1 amide bonds. The Labute approximate surface area is 106 Å². The molecule has 1 aliphatic carbocycles. The quantitative estimate of drug-likeness (QED) is 0.671. The van der Waals surface area contributed by atoms with Crippen LogP contribution < -0.4 is 11.1 Å². The van der Waals surface area contributed by atoms with Crippen molar-refractivity contribution in [2.24, 2.45) is 23.5 Å². The molecule has 100 valence electrons. The highest BCUT2D eigenvalue weighted by atomic mass is 16.1. The van der Waals surface area contributed by atoms with Crippen LogP contribution in [0.25, 0.3) is 0 Å². The maximum absolute atomic E-state index is 11.9. The molecule has 1 saturated carbocycles. The first-order valence-corrected chi connectivity index (χ1v) is 7.13. The van der Waals surface area contributed by atoms with Crippen LogP contribution in [0.3, 0.4) is 0 Å². The highest BCUT2D eigenvalue weighted by molar-refractivity contribution is 5.79. The number of hydrogen-bond acceptors (Lipinski definition) is 2. The number of carbonyl (C=O) groups is 1. The molecular formula is C14H28N2O. The first kappa shape index (κ1) is 14.5. The largest absolute Gasteiger partial charge is 0.356 e. The standard InChI is InChI=1S/C14H28N2O/c1-11(2)6-3-4-9-16-14(17)13-8-5-7-12(13)10-15/h11-13H,3-10,15H2,1-2H3,(H,16,17). The lowest BCUT2D eigenvalue weighted by Crippen LogP contribution is -2.35. The Morgan fingerprint density at radius 3 is 2.76 bits per heavy atom. The summed E-state index contributed by atoms with van der Waals surface area (Å²) in [5.74, 6) is 1.61. The van der Waals surface area contributed by atoms with Gasteiger partial charge in [0.1, 0.15) is 0 Å². The molecule has 3 nitrogen and oxygen atoms in total. The van der Waals surface area contributed by atoms with Crippen molar-refractivity contribution in [3.8, 4) is 0 Å². The lowest BCUT2D eigenvalue weighted by Gasteiger charge is -2.17. The van der Waals surface area contributed by atoms with Gasteiger partial charge in [0.05, 0.1) is 0 Å². The van der Waals surface area contributed by atoms with Gasteiger partial charge < -0.3 is 11.1 Å². The van der Waals surface area contributed by atoms with Crippen molar-refractivity contribution >= 4 is 5.91 Å². The fourth-order valence-electron chi connectivity index (χ4n) is 2.68. The smallest absolute Gasteiger partial charge is 0.223 e. The second-order valence-corrected chi connectivity index (χ2v) is 5.71. The summed E-state index contributed by atoms with van der Waals surface area (Å²) in [6.45, 7) is 5.97. The molecule has 2 atom stereocenters. The van der Waals surface area contributed by atoms with E-state index in [1.54, 1.807) is 0 Å². The third-order valence-corrected chi connectivity index (χ3v) is 3.81. The maximum atomic E-state index is 11.9. The Morgan fingerprint density at radius 1 is 1.35 bits per heavy atom. The average molecular weight is 240 g/mol. The van der Waals surface area contributed by atoms with Gasteiger partial charge in [-0.3, -0.25) is 4.79 Å². The number of hydrogen-bond donors (Lipinski definition) is 2. The third kappa shape index (κ3) is 5.07. The molecule has 0 radical (unpaired) electrons. The fourth-order valence-corrected chi connectivity index (χ4v) is 2.68. The Hall–Kier alpha value is -0.570. The Bertz CT molecular complexity index is 228. The number of rotatable bonds is 7. The normalized spacial score (nSPS) is 24.2. The van der Waals surface area contributed by atoms with Crippen molar-refractivity contribution in [3.05, 3.63) is 0 Å². The van der Waals surface area contributed by atoms with Crippen LogP contribution in [0, 0.1) is 17.8 Å². The van der Waals surface area contributed by atoms with Crippen LogP contribution in [0.15, 0.2) is 0 Å².